The molecule has 1 aliphatic rings. The number of aromatic nitrogens is 2. The maximum absolute atomic E-state index is 11.9. The monoisotopic (exact) mass is 222 g/mol. The number of hydrogen-bond acceptors (Lipinski definition) is 4. The molecule has 0 radical (unpaired) electrons. The van der Waals surface area contributed by atoms with Crippen molar-refractivity contribution in [2.45, 2.75) is 12.8 Å². The molecular weight excluding hydrogens is 204 g/mol. The van der Waals surface area contributed by atoms with Gasteiger partial charge in [0, 0.05) is 39.2 Å². The van der Waals surface area contributed by atoms with Gasteiger partial charge < -0.3 is 9.80 Å². The zero-order chi connectivity index (χ0) is 11.7. The van der Waals surface area contributed by atoms with Crippen molar-refractivity contribution in [2.24, 2.45) is 0 Å². The Morgan fingerprint density at radius 3 is 2.69 bits per heavy atom. The Hall–Kier alpha value is -1.36. The number of fused-ring (bicyclic) bond motifs is 1. The largest absolute Gasteiger partial charge is 0.348 e. The number of H-pyrrole nitrogens is 1. The first kappa shape index (κ1) is 11.1. The van der Waals surface area contributed by atoms with E-state index < -0.39 is 0 Å². The molecule has 0 aliphatic carbocycles. The summed E-state index contributed by atoms with van der Waals surface area (Å²) in [6, 6.07) is 0. The molecule has 1 aromatic rings. The van der Waals surface area contributed by atoms with Gasteiger partial charge in [-0.05, 0) is 13.5 Å². The molecule has 0 bridgehead atoms. The Labute approximate surface area is 95.1 Å². The molecule has 0 aromatic carbocycles. The maximum atomic E-state index is 11.9. The van der Waals surface area contributed by atoms with Gasteiger partial charge in [0.1, 0.15) is 0 Å². The van der Waals surface area contributed by atoms with Crippen LogP contribution in [-0.4, -0.2) is 49.1 Å². The van der Waals surface area contributed by atoms with Crippen LogP contribution in [0, 0.1) is 0 Å². The summed E-state index contributed by atoms with van der Waals surface area (Å²) >= 11 is 0. The van der Waals surface area contributed by atoms with Gasteiger partial charge in [0.2, 0.25) is 5.95 Å². The quantitative estimate of drug-likeness (QED) is 0.719. The lowest BCUT2D eigenvalue weighted by Gasteiger charge is -2.13. The smallest absolute Gasteiger partial charge is 0.255 e. The van der Waals surface area contributed by atoms with Gasteiger partial charge in [0.25, 0.3) is 5.56 Å². The molecule has 88 valence electrons. The van der Waals surface area contributed by atoms with E-state index in [0.717, 1.165) is 37.2 Å². The van der Waals surface area contributed by atoms with Crippen LogP contribution in [0.4, 0.5) is 5.95 Å². The summed E-state index contributed by atoms with van der Waals surface area (Å²) in [5.41, 5.74) is 1.83. The summed E-state index contributed by atoms with van der Waals surface area (Å²) in [5, 5.41) is 0. The average molecular weight is 222 g/mol. The molecule has 0 spiro atoms. The zero-order valence-electron chi connectivity index (χ0n) is 10.1. The second kappa shape index (κ2) is 4.25. The second-order valence-electron chi connectivity index (χ2n) is 4.51. The predicted octanol–water partition coefficient (Wildman–Crippen LogP) is -0.134. The summed E-state index contributed by atoms with van der Waals surface area (Å²) in [7, 11) is 5.84. The van der Waals surface area contributed by atoms with Crippen LogP contribution in [0.25, 0.3) is 0 Å². The van der Waals surface area contributed by atoms with Crippen LogP contribution >= 0.6 is 0 Å². The van der Waals surface area contributed by atoms with Crippen LogP contribution in [0.5, 0.6) is 0 Å². The first-order chi connectivity index (χ1) is 7.58. The van der Waals surface area contributed by atoms with Gasteiger partial charge in [-0.3, -0.25) is 9.78 Å². The molecule has 5 heteroatoms. The highest BCUT2D eigenvalue weighted by molar-refractivity contribution is 5.32. The summed E-state index contributed by atoms with van der Waals surface area (Å²) in [4.78, 5) is 23.3. The predicted molar refractivity (Wildman–Crippen MR) is 64.1 cm³/mol. The molecule has 1 aromatic heterocycles. The first-order valence-electron chi connectivity index (χ1n) is 5.56. The van der Waals surface area contributed by atoms with Crippen LogP contribution < -0.4 is 10.5 Å². The molecule has 16 heavy (non-hydrogen) atoms. The van der Waals surface area contributed by atoms with Crippen molar-refractivity contribution < 1.29 is 0 Å². The number of likely N-dealkylation sites (N-methyl/N-ethyl adjacent to an activating group) is 1. The van der Waals surface area contributed by atoms with Crippen molar-refractivity contribution in [1.29, 1.82) is 0 Å². The molecule has 1 N–H and O–H groups in total. The minimum Gasteiger partial charge on any atom is -0.348 e. The van der Waals surface area contributed by atoms with E-state index in [-0.39, 0.29) is 5.56 Å². The third-order valence-electron chi connectivity index (χ3n) is 2.99. The summed E-state index contributed by atoms with van der Waals surface area (Å²) in [5.74, 6) is 0.647. The lowest BCUT2D eigenvalue weighted by Crippen LogP contribution is -2.24. The third kappa shape index (κ3) is 2.09. The van der Waals surface area contributed by atoms with E-state index in [4.69, 9.17) is 0 Å². The van der Waals surface area contributed by atoms with Crippen molar-refractivity contribution >= 4 is 5.95 Å². The maximum Gasteiger partial charge on any atom is 0.255 e. The molecule has 0 unspecified atom stereocenters. The second-order valence-corrected chi connectivity index (χ2v) is 4.51. The van der Waals surface area contributed by atoms with E-state index in [1.807, 2.05) is 19.0 Å². The fraction of sp³-hybridized carbons (Fsp3) is 0.636. The fourth-order valence-corrected chi connectivity index (χ4v) is 1.92. The number of nitrogens with one attached hydrogen (secondary N) is 1. The van der Waals surface area contributed by atoms with Gasteiger partial charge in [-0.2, -0.15) is 0 Å². The Kier molecular flexibility index (Phi) is 2.96. The lowest BCUT2D eigenvalue weighted by molar-refractivity contribution is 0.352. The molecular formula is C11H18N4O. The van der Waals surface area contributed by atoms with E-state index >= 15 is 0 Å². The van der Waals surface area contributed by atoms with Crippen LogP contribution in [0.15, 0.2) is 4.79 Å². The molecule has 0 amide bonds. The Morgan fingerprint density at radius 2 is 2.00 bits per heavy atom. The number of anilines is 1. The first-order valence-corrected chi connectivity index (χ1v) is 5.56. The van der Waals surface area contributed by atoms with Crippen molar-refractivity contribution in [3.8, 4) is 0 Å². The number of aromatic amines is 1. The Bertz CT molecular complexity index is 438. The topological polar surface area (TPSA) is 52.2 Å². The van der Waals surface area contributed by atoms with Gasteiger partial charge in [0.05, 0.1) is 5.69 Å². The molecule has 0 fully saturated rings. The molecule has 2 rings (SSSR count). The molecule has 1 aliphatic heterocycles. The van der Waals surface area contributed by atoms with Gasteiger partial charge in [-0.25, -0.2) is 4.98 Å². The van der Waals surface area contributed by atoms with Crippen LogP contribution in [-0.2, 0) is 12.8 Å². The molecule has 5 nitrogen and oxygen atoms in total. The third-order valence-corrected chi connectivity index (χ3v) is 2.99. The molecule has 0 saturated heterocycles. The van der Waals surface area contributed by atoms with E-state index in [0.29, 0.717) is 5.95 Å². The molecule has 2 heterocycles. The highest BCUT2D eigenvalue weighted by atomic mass is 16.1. The Balaban J connectivity index is 2.44. The highest BCUT2D eigenvalue weighted by Gasteiger charge is 2.16. The highest BCUT2D eigenvalue weighted by Crippen LogP contribution is 2.11. The molecule has 0 atom stereocenters. The van der Waals surface area contributed by atoms with E-state index in [1.54, 1.807) is 0 Å². The van der Waals surface area contributed by atoms with Crippen LogP contribution in [0.2, 0.25) is 0 Å². The number of hydrogen-bond donors (Lipinski definition) is 1. The van der Waals surface area contributed by atoms with E-state index in [9.17, 15) is 4.79 Å². The minimum absolute atomic E-state index is 0.0176. The standard InChI is InChI=1S/C11H18N4O/c1-14(2)11-12-9-5-7-15(3)6-4-8(9)10(16)13-11/h4-7H2,1-3H3,(H,12,13,16). The zero-order valence-corrected chi connectivity index (χ0v) is 10.1. The van der Waals surface area contributed by atoms with Gasteiger partial charge >= 0.3 is 0 Å². The number of rotatable bonds is 1. The summed E-state index contributed by atoms with van der Waals surface area (Å²) in [6.45, 7) is 1.90. The normalized spacial score (nSPS) is 16.7. The van der Waals surface area contributed by atoms with Crippen LogP contribution in [0.3, 0.4) is 0 Å². The fourth-order valence-electron chi connectivity index (χ4n) is 1.92. The summed E-state index contributed by atoms with van der Waals surface area (Å²) in [6.07, 6.45) is 1.65. The van der Waals surface area contributed by atoms with Crippen LogP contribution in [0.1, 0.15) is 11.3 Å². The van der Waals surface area contributed by atoms with E-state index in [1.165, 1.54) is 0 Å². The van der Waals surface area contributed by atoms with Crippen molar-refractivity contribution in [3.05, 3.63) is 21.6 Å². The van der Waals surface area contributed by atoms with Crippen molar-refractivity contribution in [3.63, 3.8) is 0 Å². The minimum atomic E-state index is 0.0176. The Morgan fingerprint density at radius 1 is 1.31 bits per heavy atom. The van der Waals surface area contributed by atoms with Crippen molar-refractivity contribution in [1.82, 2.24) is 14.9 Å². The number of nitrogens with zero attached hydrogens (tertiary/aromatic N) is 3. The van der Waals surface area contributed by atoms with Crippen molar-refractivity contribution in [2.75, 3.05) is 39.1 Å². The summed E-state index contributed by atoms with van der Waals surface area (Å²) < 4.78 is 0. The molecule has 0 saturated carbocycles. The average Bonchev–Trinajstić information content (AvgIpc) is 2.41. The van der Waals surface area contributed by atoms with Gasteiger partial charge in [-0.15, -0.1) is 0 Å². The van der Waals surface area contributed by atoms with E-state index in [2.05, 4.69) is 21.9 Å². The SMILES string of the molecule is CN1CCc2nc(N(C)C)[nH]c(=O)c2CC1. The van der Waals surface area contributed by atoms with Gasteiger partial charge in [0.15, 0.2) is 0 Å². The lowest BCUT2D eigenvalue weighted by atomic mass is 10.1. The van der Waals surface area contributed by atoms with Gasteiger partial charge in [-0.1, -0.05) is 0 Å².